The van der Waals surface area contributed by atoms with Crippen LogP contribution in [0.5, 0.6) is 0 Å². The fourth-order valence-electron chi connectivity index (χ4n) is 4.89. The Kier molecular flexibility index (Phi) is 7.58. The highest BCUT2D eigenvalue weighted by Crippen LogP contribution is 2.53. The SMILES string of the molecule is CC(C)(C)C[C@@H]1N[C@@H](C(=O)OC(C)(C)C)[C@H](c2cc(Cl)ccc2F)[C@@]1(C#N)c1ccc(Cl)cc1F. The highest BCUT2D eigenvalue weighted by molar-refractivity contribution is 6.30. The number of esters is 1. The van der Waals surface area contributed by atoms with Gasteiger partial charge >= 0.3 is 5.97 Å². The van der Waals surface area contributed by atoms with Gasteiger partial charge in [0.25, 0.3) is 0 Å². The van der Waals surface area contributed by atoms with Crippen molar-refractivity contribution in [3.05, 3.63) is 69.2 Å². The third-order valence-corrected chi connectivity index (χ3v) is 6.56. The summed E-state index contributed by atoms with van der Waals surface area (Å²) in [6.07, 6.45) is 0.389. The van der Waals surface area contributed by atoms with Gasteiger partial charge in [0.15, 0.2) is 0 Å². The number of carbonyl (C=O) groups excluding carboxylic acids is 1. The first-order chi connectivity index (χ1) is 16.1. The number of carbonyl (C=O) groups is 1. The van der Waals surface area contributed by atoms with Crippen LogP contribution in [-0.2, 0) is 14.9 Å². The summed E-state index contributed by atoms with van der Waals surface area (Å²) < 4.78 is 36.5. The zero-order valence-corrected chi connectivity index (χ0v) is 22.2. The van der Waals surface area contributed by atoms with Gasteiger partial charge in [-0.1, -0.05) is 50.0 Å². The summed E-state index contributed by atoms with van der Waals surface area (Å²) in [5, 5.41) is 14.4. The van der Waals surface area contributed by atoms with Gasteiger partial charge in [-0.05, 0) is 68.5 Å². The van der Waals surface area contributed by atoms with Crippen LogP contribution in [0.15, 0.2) is 36.4 Å². The quantitative estimate of drug-likeness (QED) is 0.442. The van der Waals surface area contributed by atoms with Crippen LogP contribution in [0, 0.1) is 28.4 Å². The Bertz CT molecular complexity index is 1170. The van der Waals surface area contributed by atoms with Crippen molar-refractivity contribution >= 4 is 29.2 Å². The largest absolute Gasteiger partial charge is 0.459 e. The molecule has 0 spiro atoms. The number of nitrogens with zero attached hydrogens (tertiary/aromatic N) is 1. The number of nitrogens with one attached hydrogen (secondary N) is 1. The van der Waals surface area contributed by atoms with E-state index in [1.54, 1.807) is 20.8 Å². The van der Waals surface area contributed by atoms with Crippen molar-refractivity contribution in [1.29, 1.82) is 5.26 Å². The number of rotatable bonds is 4. The highest BCUT2D eigenvalue weighted by atomic mass is 35.5. The second-order valence-electron chi connectivity index (χ2n) is 11.2. The van der Waals surface area contributed by atoms with Gasteiger partial charge in [-0.15, -0.1) is 0 Å². The fraction of sp³-hybridized carbons (Fsp3) is 0.481. The standard InChI is InChI=1S/C27H30Cl2F2N2O2/c1-25(2,3)13-21-27(14-32,18-9-7-16(29)12-20(18)31)22(17-11-15(28)8-10-19(17)30)23(33-21)24(34)35-26(4,5)6/h7-12,21-23,33H,13H2,1-6H3/t21-,22-,23+,27-/m0/s1. The molecule has 1 N–H and O–H groups in total. The molecule has 8 heteroatoms. The van der Waals surface area contributed by atoms with E-state index in [1.165, 1.54) is 30.3 Å². The Labute approximate surface area is 215 Å². The van der Waals surface area contributed by atoms with Crippen LogP contribution in [0.1, 0.15) is 65.0 Å². The molecule has 1 aliphatic rings. The molecule has 0 unspecified atom stereocenters. The number of halogens is 4. The van der Waals surface area contributed by atoms with E-state index in [0.717, 1.165) is 6.07 Å². The molecule has 2 aromatic rings. The van der Waals surface area contributed by atoms with E-state index in [9.17, 15) is 10.1 Å². The Balaban J connectivity index is 2.37. The van der Waals surface area contributed by atoms with Crippen molar-refractivity contribution in [1.82, 2.24) is 5.32 Å². The van der Waals surface area contributed by atoms with E-state index in [2.05, 4.69) is 11.4 Å². The van der Waals surface area contributed by atoms with Gasteiger partial charge in [-0.3, -0.25) is 10.1 Å². The van der Waals surface area contributed by atoms with E-state index in [1.807, 2.05) is 20.8 Å². The van der Waals surface area contributed by atoms with Crippen LogP contribution >= 0.6 is 23.2 Å². The number of nitriles is 1. The van der Waals surface area contributed by atoms with E-state index in [0.29, 0.717) is 6.42 Å². The Morgan fingerprint density at radius 2 is 1.66 bits per heavy atom. The molecular weight excluding hydrogens is 493 g/mol. The maximum Gasteiger partial charge on any atom is 0.324 e. The van der Waals surface area contributed by atoms with Crippen molar-refractivity contribution in [2.24, 2.45) is 5.41 Å². The van der Waals surface area contributed by atoms with Crippen molar-refractivity contribution < 1.29 is 18.3 Å². The molecule has 4 atom stereocenters. The fourth-order valence-corrected chi connectivity index (χ4v) is 5.23. The number of hydrogen-bond acceptors (Lipinski definition) is 4. The van der Waals surface area contributed by atoms with E-state index < -0.39 is 46.6 Å². The third-order valence-electron chi connectivity index (χ3n) is 6.09. The molecule has 1 heterocycles. The minimum absolute atomic E-state index is 0.0292. The van der Waals surface area contributed by atoms with Crippen molar-refractivity contribution in [2.75, 3.05) is 0 Å². The van der Waals surface area contributed by atoms with Gasteiger partial charge in [0.05, 0.1) is 6.07 Å². The first-order valence-corrected chi connectivity index (χ1v) is 12.2. The Morgan fingerprint density at radius 3 is 2.20 bits per heavy atom. The predicted octanol–water partition coefficient (Wildman–Crippen LogP) is 6.94. The van der Waals surface area contributed by atoms with Crippen LogP contribution in [0.2, 0.25) is 10.0 Å². The molecule has 35 heavy (non-hydrogen) atoms. The summed E-state index contributed by atoms with van der Waals surface area (Å²) in [6, 6.07) is 8.45. The third kappa shape index (κ3) is 5.63. The maximum absolute atomic E-state index is 15.5. The molecule has 0 aliphatic carbocycles. The van der Waals surface area contributed by atoms with Gasteiger partial charge in [-0.25, -0.2) is 8.78 Å². The van der Waals surface area contributed by atoms with E-state index in [4.69, 9.17) is 27.9 Å². The van der Waals surface area contributed by atoms with Gasteiger partial charge in [0.1, 0.15) is 28.7 Å². The monoisotopic (exact) mass is 522 g/mol. The normalized spacial score (nSPS) is 24.8. The number of ether oxygens (including phenoxy) is 1. The number of hydrogen-bond donors (Lipinski definition) is 1. The lowest BCUT2D eigenvalue weighted by molar-refractivity contribution is -0.157. The van der Waals surface area contributed by atoms with E-state index >= 15 is 8.78 Å². The van der Waals surface area contributed by atoms with Crippen LogP contribution in [-0.4, -0.2) is 23.7 Å². The van der Waals surface area contributed by atoms with Crippen molar-refractivity contribution in [2.45, 2.75) is 77.0 Å². The molecule has 0 saturated carbocycles. The summed E-state index contributed by atoms with van der Waals surface area (Å²) in [7, 11) is 0. The highest BCUT2D eigenvalue weighted by Gasteiger charge is 2.61. The van der Waals surface area contributed by atoms with Gasteiger partial charge in [0.2, 0.25) is 0 Å². The maximum atomic E-state index is 15.5. The lowest BCUT2D eigenvalue weighted by Crippen LogP contribution is -2.45. The van der Waals surface area contributed by atoms with Crippen molar-refractivity contribution in [3.63, 3.8) is 0 Å². The minimum atomic E-state index is -1.67. The molecule has 3 rings (SSSR count). The van der Waals surface area contributed by atoms with E-state index in [-0.39, 0.29) is 26.6 Å². The average Bonchev–Trinajstić information content (AvgIpc) is 3.01. The molecular formula is C27H30Cl2F2N2O2. The Morgan fingerprint density at radius 1 is 1.06 bits per heavy atom. The molecule has 1 saturated heterocycles. The summed E-state index contributed by atoms with van der Waals surface area (Å²) in [5.41, 5.74) is -2.76. The van der Waals surface area contributed by atoms with Gasteiger partial charge in [-0.2, -0.15) is 5.26 Å². The van der Waals surface area contributed by atoms with Crippen LogP contribution < -0.4 is 5.32 Å². The summed E-state index contributed by atoms with van der Waals surface area (Å²) in [4.78, 5) is 13.5. The topological polar surface area (TPSA) is 62.1 Å². The van der Waals surface area contributed by atoms with Crippen LogP contribution in [0.25, 0.3) is 0 Å². The molecule has 0 aromatic heterocycles. The molecule has 1 aliphatic heterocycles. The summed E-state index contributed by atoms with van der Waals surface area (Å²) >= 11 is 12.2. The smallest absolute Gasteiger partial charge is 0.324 e. The van der Waals surface area contributed by atoms with Crippen LogP contribution in [0.3, 0.4) is 0 Å². The molecule has 1 fully saturated rings. The number of benzene rings is 2. The molecule has 2 aromatic carbocycles. The first kappa shape index (κ1) is 27.4. The zero-order valence-electron chi connectivity index (χ0n) is 20.7. The minimum Gasteiger partial charge on any atom is -0.459 e. The Hall–Kier alpha value is -2.20. The van der Waals surface area contributed by atoms with Crippen LogP contribution in [0.4, 0.5) is 8.78 Å². The molecule has 0 bridgehead atoms. The first-order valence-electron chi connectivity index (χ1n) is 11.4. The van der Waals surface area contributed by atoms with Gasteiger partial charge < -0.3 is 4.74 Å². The average molecular weight is 523 g/mol. The molecule has 0 radical (unpaired) electrons. The molecule has 188 valence electrons. The zero-order chi connectivity index (χ0) is 26.3. The second kappa shape index (κ2) is 9.69. The van der Waals surface area contributed by atoms with Gasteiger partial charge in [0, 0.05) is 27.6 Å². The lowest BCUT2D eigenvalue weighted by atomic mass is 9.62. The lowest BCUT2D eigenvalue weighted by Gasteiger charge is -2.37. The molecule has 0 amide bonds. The summed E-state index contributed by atoms with van der Waals surface area (Å²) in [5.74, 6) is -3.16. The van der Waals surface area contributed by atoms with Crippen molar-refractivity contribution in [3.8, 4) is 6.07 Å². The predicted molar refractivity (Wildman–Crippen MR) is 133 cm³/mol. The molecule has 4 nitrogen and oxygen atoms in total. The summed E-state index contributed by atoms with van der Waals surface area (Å²) in [6.45, 7) is 11.1. The second-order valence-corrected chi connectivity index (χ2v) is 12.1.